The highest BCUT2D eigenvalue weighted by atomic mass is 32.2. The number of rotatable bonds is 8. The molecule has 1 aliphatic heterocycles. The van der Waals surface area contributed by atoms with Gasteiger partial charge in [-0.05, 0) is 24.0 Å². The summed E-state index contributed by atoms with van der Waals surface area (Å²) in [5.41, 5.74) is 9.20. The second-order valence-corrected chi connectivity index (χ2v) is 7.30. The predicted molar refractivity (Wildman–Crippen MR) is 112 cm³/mol. The number of benzene rings is 2. The molecule has 1 saturated heterocycles. The minimum absolute atomic E-state index is 0.233. The summed E-state index contributed by atoms with van der Waals surface area (Å²) in [4.78, 5) is 0. The molecule has 2 aromatic rings. The maximum atomic E-state index is 5.93. The lowest BCUT2D eigenvalue weighted by Crippen LogP contribution is -2.14. The molecule has 0 saturated carbocycles. The Morgan fingerprint density at radius 2 is 2.00 bits per heavy atom. The Kier molecular flexibility index (Phi) is 7.89. The molecule has 0 spiro atoms. The summed E-state index contributed by atoms with van der Waals surface area (Å²) in [6.45, 7) is 2.01. The van der Waals surface area contributed by atoms with E-state index in [2.05, 4.69) is 22.3 Å². The van der Waals surface area contributed by atoms with E-state index in [1.54, 1.807) is 6.21 Å². The van der Waals surface area contributed by atoms with Gasteiger partial charge in [0, 0.05) is 17.9 Å². The monoisotopic (exact) mass is 383 g/mol. The molecule has 1 heterocycles. The van der Waals surface area contributed by atoms with Crippen molar-refractivity contribution in [1.29, 1.82) is 0 Å². The van der Waals surface area contributed by atoms with Crippen molar-refractivity contribution in [3.63, 3.8) is 0 Å². The molecule has 0 amide bonds. The van der Waals surface area contributed by atoms with E-state index in [-0.39, 0.29) is 6.10 Å². The number of nitrogens with two attached hydrogens (primary N) is 1. The zero-order valence-electron chi connectivity index (χ0n) is 15.3. The SMILES string of the molecule is NC(=NN=Cc1ccccc1COCC1CCCO1)SCc1ccccc1. The van der Waals surface area contributed by atoms with Gasteiger partial charge in [0.25, 0.3) is 0 Å². The van der Waals surface area contributed by atoms with Gasteiger partial charge in [-0.25, -0.2) is 0 Å². The molecule has 0 radical (unpaired) electrons. The van der Waals surface area contributed by atoms with E-state index in [0.717, 1.165) is 36.3 Å². The molecule has 0 aliphatic carbocycles. The van der Waals surface area contributed by atoms with E-state index >= 15 is 0 Å². The fraction of sp³-hybridized carbons (Fsp3) is 0.333. The van der Waals surface area contributed by atoms with Crippen molar-refractivity contribution in [2.45, 2.75) is 31.3 Å². The number of hydrogen-bond acceptors (Lipinski definition) is 5. The van der Waals surface area contributed by atoms with Gasteiger partial charge in [0.05, 0.1) is 25.5 Å². The highest BCUT2D eigenvalue weighted by molar-refractivity contribution is 8.13. The van der Waals surface area contributed by atoms with Crippen molar-refractivity contribution < 1.29 is 9.47 Å². The largest absolute Gasteiger partial charge is 0.377 e. The molecule has 2 N–H and O–H groups in total. The fourth-order valence-corrected chi connectivity index (χ4v) is 3.39. The lowest BCUT2D eigenvalue weighted by Gasteiger charge is -2.11. The van der Waals surface area contributed by atoms with Crippen molar-refractivity contribution in [1.82, 2.24) is 0 Å². The van der Waals surface area contributed by atoms with E-state index in [1.165, 1.54) is 17.3 Å². The van der Waals surface area contributed by atoms with Crippen LogP contribution in [0.3, 0.4) is 0 Å². The van der Waals surface area contributed by atoms with Crippen LogP contribution in [0.4, 0.5) is 0 Å². The Morgan fingerprint density at radius 1 is 1.19 bits per heavy atom. The Morgan fingerprint density at radius 3 is 2.81 bits per heavy atom. The second-order valence-electron chi connectivity index (χ2n) is 6.31. The summed E-state index contributed by atoms with van der Waals surface area (Å²) >= 11 is 1.47. The molecule has 3 rings (SSSR count). The maximum Gasteiger partial charge on any atom is 0.180 e. The summed E-state index contributed by atoms with van der Waals surface area (Å²) in [7, 11) is 0. The van der Waals surface area contributed by atoms with Crippen LogP contribution >= 0.6 is 11.8 Å². The molecule has 0 aromatic heterocycles. The zero-order chi connectivity index (χ0) is 18.7. The van der Waals surface area contributed by atoms with Crippen LogP contribution < -0.4 is 5.73 Å². The molecule has 27 heavy (non-hydrogen) atoms. The summed E-state index contributed by atoms with van der Waals surface area (Å²) in [6, 6.07) is 18.2. The fourth-order valence-electron chi connectivity index (χ4n) is 2.78. The smallest absolute Gasteiger partial charge is 0.180 e. The van der Waals surface area contributed by atoms with Gasteiger partial charge in [-0.1, -0.05) is 66.4 Å². The number of thioether (sulfide) groups is 1. The third kappa shape index (κ3) is 6.82. The van der Waals surface area contributed by atoms with Crippen LogP contribution in [0.15, 0.2) is 64.8 Å². The number of ether oxygens (including phenoxy) is 2. The summed E-state index contributed by atoms with van der Waals surface area (Å²) in [5, 5.41) is 8.67. The average molecular weight is 384 g/mol. The molecule has 5 nitrogen and oxygen atoms in total. The molecule has 6 heteroatoms. The lowest BCUT2D eigenvalue weighted by atomic mass is 10.1. The second kappa shape index (κ2) is 10.9. The van der Waals surface area contributed by atoms with Gasteiger partial charge in [0.2, 0.25) is 0 Å². The van der Waals surface area contributed by atoms with Crippen LogP contribution in [0.2, 0.25) is 0 Å². The Labute approximate surface area is 164 Å². The molecule has 142 valence electrons. The van der Waals surface area contributed by atoms with Crippen molar-refractivity contribution in [2.24, 2.45) is 15.9 Å². The minimum atomic E-state index is 0.233. The first-order valence-electron chi connectivity index (χ1n) is 9.12. The topological polar surface area (TPSA) is 69.2 Å². The Balaban J connectivity index is 1.49. The van der Waals surface area contributed by atoms with E-state index < -0.39 is 0 Å². The normalized spacial score (nSPS) is 17.6. The van der Waals surface area contributed by atoms with Crippen LogP contribution in [-0.4, -0.2) is 30.7 Å². The van der Waals surface area contributed by atoms with Crippen molar-refractivity contribution in [2.75, 3.05) is 13.2 Å². The molecular formula is C21H25N3O2S. The lowest BCUT2D eigenvalue weighted by molar-refractivity contribution is 0.0106. The first-order chi connectivity index (χ1) is 13.3. The van der Waals surface area contributed by atoms with Gasteiger partial charge in [0.15, 0.2) is 5.17 Å². The molecule has 1 aliphatic rings. The Hall–Kier alpha value is -2.15. The molecule has 0 bridgehead atoms. The first kappa shape index (κ1) is 19.6. The van der Waals surface area contributed by atoms with E-state index in [4.69, 9.17) is 15.2 Å². The van der Waals surface area contributed by atoms with Crippen molar-refractivity contribution >= 4 is 23.1 Å². The highest BCUT2D eigenvalue weighted by Gasteiger charge is 2.15. The van der Waals surface area contributed by atoms with Gasteiger partial charge < -0.3 is 15.2 Å². The van der Waals surface area contributed by atoms with Crippen LogP contribution in [0, 0.1) is 0 Å². The van der Waals surface area contributed by atoms with Crippen LogP contribution in [0.25, 0.3) is 0 Å². The van der Waals surface area contributed by atoms with Gasteiger partial charge in [-0.15, -0.1) is 5.10 Å². The van der Waals surface area contributed by atoms with Gasteiger partial charge in [-0.3, -0.25) is 0 Å². The van der Waals surface area contributed by atoms with E-state index in [1.807, 2.05) is 42.5 Å². The molecular weight excluding hydrogens is 358 g/mol. The molecule has 1 atom stereocenters. The van der Waals surface area contributed by atoms with Crippen molar-refractivity contribution in [3.8, 4) is 0 Å². The predicted octanol–water partition coefficient (Wildman–Crippen LogP) is 3.96. The third-order valence-electron chi connectivity index (χ3n) is 4.22. The molecule has 1 fully saturated rings. The van der Waals surface area contributed by atoms with E-state index in [0.29, 0.717) is 18.4 Å². The summed E-state index contributed by atoms with van der Waals surface area (Å²) in [5.74, 6) is 0.777. The highest BCUT2D eigenvalue weighted by Crippen LogP contribution is 2.14. The van der Waals surface area contributed by atoms with Crippen LogP contribution in [0.5, 0.6) is 0 Å². The standard InChI is InChI=1S/C21H25N3O2S/c22-21(27-16-17-7-2-1-3-8-17)24-23-13-18-9-4-5-10-19(18)14-25-15-20-11-6-12-26-20/h1-5,7-10,13,20H,6,11-12,14-16H2,(H2,22,24). The third-order valence-corrected chi connectivity index (χ3v) is 5.08. The van der Waals surface area contributed by atoms with Crippen LogP contribution in [0.1, 0.15) is 29.5 Å². The number of amidine groups is 1. The maximum absolute atomic E-state index is 5.93. The van der Waals surface area contributed by atoms with Gasteiger partial charge >= 0.3 is 0 Å². The summed E-state index contributed by atoms with van der Waals surface area (Å²) in [6.07, 6.45) is 4.16. The first-order valence-corrected chi connectivity index (χ1v) is 10.1. The van der Waals surface area contributed by atoms with E-state index in [9.17, 15) is 0 Å². The number of nitrogens with zero attached hydrogens (tertiary/aromatic N) is 2. The summed E-state index contributed by atoms with van der Waals surface area (Å²) < 4.78 is 11.4. The quantitative estimate of drug-likeness (QED) is 0.425. The zero-order valence-corrected chi connectivity index (χ0v) is 16.1. The van der Waals surface area contributed by atoms with Gasteiger partial charge in [0.1, 0.15) is 0 Å². The molecule has 1 unspecified atom stereocenters. The number of hydrogen-bond donors (Lipinski definition) is 1. The molecule has 2 aromatic carbocycles. The minimum Gasteiger partial charge on any atom is -0.377 e. The Bertz CT molecular complexity index is 759. The van der Waals surface area contributed by atoms with Crippen molar-refractivity contribution in [3.05, 3.63) is 71.3 Å². The average Bonchev–Trinajstić information content (AvgIpc) is 3.22. The van der Waals surface area contributed by atoms with Gasteiger partial charge in [-0.2, -0.15) is 5.10 Å². The van der Waals surface area contributed by atoms with Crippen LogP contribution in [-0.2, 0) is 21.8 Å².